The van der Waals surface area contributed by atoms with Crippen molar-refractivity contribution < 1.29 is 28.2 Å². The van der Waals surface area contributed by atoms with Crippen LogP contribution >= 0.6 is 0 Å². The number of aryl methyl sites for hydroxylation is 1. The van der Waals surface area contributed by atoms with Crippen molar-refractivity contribution in [1.82, 2.24) is 19.9 Å². The largest absolute Gasteiger partial charge is 0.494 e. The minimum absolute atomic E-state index is 0.191. The topological polar surface area (TPSA) is 108 Å². The van der Waals surface area contributed by atoms with E-state index in [9.17, 15) is 4.79 Å². The van der Waals surface area contributed by atoms with Gasteiger partial charge in [0, 0.05) is 29.3 Å². The SMILES string of the molecule is C=c1ncnc(Oc2cnc3[nH]c(C)cc3c2)c1=CC(OC)=C(C)OCCC(=O)[N+]1(C)CCC2(CC1)COC2. The molecule has 0 saturated carbocycles. The number of methoxy groups -OCH3 is 1. The Morgan fingerprint density at radius 1 is 1.23 bits per heavy atom. The molecule has 10 heteroatoms. The Morgan fingerprint density at radius 3 is 2.69 bits per heavy atom. The summed E-state index contributed by atoms with van der Waals surface area (Å²) in [5, 5.41) is 1.97. The summed E-state index contributed by atoms with van der Waals surface area (Å²) in [5.41, 5.74) is 2.11. The molecule has 2 saturated heterocycles. The highest BCUT2D eigenvalue weighted by Crippen LogP contribution is 2.40. The predicted octanol–water partition coefficient (Wildman–Crippen LogP) is 2.71. The second-order valence-electron chi connectivity index (χ2n) is 10.8. The van der Waals surface area contributed by atoms with Crippen LogP contribution < -0.4 is 15.3 Å². The average molecular weight is 535 g/mol. The summed E-state index contributed by atoms with van der Waals surface area (Å²) in [7, 11) is 3.59. The predicted molar refractivity (Wildman–Crippen MR) is 146 cm³/mol. The van der Waals surface area contributed by atoms with E-state index in [0.717, 1.165) is 55.9 Å². The third-order valence-corrected chi connectivity index (χ3v) is 7.89. The Balaban J connectivity index is 1.28. The van der Waals surface area contributed by atoms with E-state index in [4.69, 9.17) is 18.9 Å². The van der Waals surface area contributed by atoms with Gasteiger partial charge in [0.25, 0.3) is 0 Å². The van der Waals surface area contributed by atoms with Crippen molar-refractivity contribution in [2.24, 2.45) is 5.41 Å². The minimum Gasteiger partial charge on any atom is -0.494 e. The Kier molecular flexibility index (Phi) is 7.42. The number of fused-ring (bicyclic) bond motifs is 1. The van der Waals surface area contributed by atoms with E-state index < -0.39 is 0 Å². The molecule has 0 aliphatic carbocycles. The number of allylic oxidation sites excluding steroid dienone is 2. The van der Waals surface area contributed by atoms with Gasteiger partial charge in [-0.1, -0.05) is 6.58 Å². The van der Waals surface area contributed by atoms with Crippen molar-refractivity contribution in [2.75, 3.05) is 47.1 Å². The lowest BCUT2D eigenvalue weighted by atomic mass is 9.76. The van der Waals surface area contributed by atoms with Crippen LogP contribution in [0.1, 0.15) is 31.9 Å². The van der Waals surface area contributed by atoms with Gasteiger partial charge in [0.15, 0.2) is 5.76 Å². The van der Waals surface area contributed by atoms with Crippen molar-refractivity contribution in [3.8, 4) is 11.6 Å². The molecule has 3 aromatic heterocycles. The lowest BCUT2D eigenvalue weighted by Gasteiger charge is -2.49. The summed E-state index contributed by atoms with van der Waals surface area (Å²) in [6, 6.07) is 3.89. The number of nitrogens with zero attached hydrogens (tertiary/aromatic N) is 4. The normalized spacial score (nSPS) is 18.9. The second kappa shape index (κ2) is 10.8. The molecular formula is C29H36N5O5+. The molecule has 10 nitrogen and oxygen atoms in total. The molecule has 0 unspecified atom stereocenters. The van der Waals surface area contributed by atoms with Crippen LogP contribution in [0.3, 0.4) is 0 Å². The van der Waals surface area contributed by atoms with Crippen molar-refractivity contribution in [1.29, 1.82) is 0 Å². The van der Waals surface area contributed by atoms with Crippen LogP contribution in [-0.4, -0.2) is 77.4 Å². The molecule has 5 heterocycles. The van der Waals surface area contributed by atoms with E-state index in [1.165, 1.54) is 6.33 Å². The number of pyridine rings is 1. The summed E-state index contributed by atoms with van der Waals surface area (Å²) in [5.74, 6) is 2.05. The van der Waals surface area contributed by atoms with Crippen LogP contribution in [0.5, 0.6) is 11.6 Å². The van der Waals surface area contributed by atoms with Gasteiger partial charge in [0.2, 0.25) is 5.88 Å². The number of hydrogen-bond acceptors (Lipinski definition) is 8. The summed E-state index contributed by atoms with van der Waals surface area (Å²) in [6.07, 6.45) is 7.16. The van der Waals surface area contributed by atoms with Gasteiger partial charge in [0.05, 0.1) is 63.6 Å². The summed E-state index contributed by atoms with van der Waals surface area (Å²) >= 11 is 0. The molecule has 2 fully saturated rings. The average Bonchev–Trinajstić information content (AvgIpc) is 3.27. The van der Waals surface area contributed by atoms with E-state index in [0.29, 0.717) is 50.0 Å². The van der Waals surface area contributed by atoms with Crippen LogP contribution in [0.2, 0.25) is 0 Å². The van der Waals surface area contributed by atoms with Crippen LogP contribution in [0.15, 0.2) is 36.2 Å². The van der Waals surface area contributed by atoms with E-state index in [2.05, 4.69) is 26.5 Å². The number of piperidine rings is 1. The minimum atomic E-state index is 0.191. The monoisotopic (exact) mass is 534 g/mol. The van der Waals surface area contributed by atoms with Crippen LogP contribution in [0, 0.1) is 12.3 Å². The third-order valence-electron chi connectivity index (χ3n) is 7.89. The first-order valence-electron chi connectivity index (χ1n) is 13.2. The number of aromatic nitrogens is 4. The van der Waals surface area contributed by atoms with E-state index in [-0.39, 0.29) is 12.5 Å². The maximum Gasteiger partial charge on any atom is 0.316 e. The lowest BCUT2D eigenvalue weighted by molar-refractivity contribution is -0.844. The highest BCUT2D eigenvalue weighted by atomic mass is 16.5. The number of hydrogen-bond donors (Lipinski definition) is 1. The van der Waals surface area contributed by atoms with Crippen molar-refractivity contribution in [3.63, 3.8) is 0 Å². The van der Waals surface area contributed by atoms with E-state index in [1.807, 2.05) is 26.1 Å². The summed E-state index contributed by atoms with van der Waals surface area (Å²) in [6.45, 7) is 11.4. The zero-order chi connectivity index (χ0) is 27.6. The zero-order valence-electron chi connectivity index (χ0n) is 23.1. The smallest absolute Gasteiger partial charge is 0.316 e. The third kappa shape index (κ3) is 5.67. The molecule has 1 amide bonds. The Labute approximate surface area is 227 Å². The number of carbonyl (C=O) groups excluding carboxylic acids is 1. The molecule has 206 valence electrons. The molecule has 1 N–H and O–H groups in total. The first-order valence-corrected chi connectivity index (χ1v) is 13.2. The highest BCUT2D eigenvalue weighted by Gasteiger charge is 2.48. The fraction of sp³-hybridized carbons (Fsp3) is 0.448. The molecule has 1 spiro atoms. The molecular weight excluding hydrogens is 498 g/mol. The number of ether oxygens (including phenoxy) is 4. The molecule has 0 radical (unpaired) electrons. The lowest BCUT2D eigenvalue weighted by Crippen LogP contribution is -2.60. The number of amides is 1. The van der Waals surface area contributed by atoms with Gasteiger partial charge in [-0.2, -0.15) is 0 Å². The Morgan fingerprint density at radius 2 is 2.00 bits per heavy atom. The fourth-order valence-electron chi connectivity index (χ4n) is 5.14. The Bertz CT molecular complexity index is 1510. The number of aromatic amines is 1. The van der Waals surface area contributed by atoms with Gasteiger partial charge in [0.1, 0.15) is 30.1 Å². The number of quaternary nitrogens is 1. The van der Waals surface area contributed by atoms with Gasteiger partial charge in [-0.25, -0.2) is 19.7 Å². The number of nitrogens with one attached hydrogen (secondary N) is 1. The fourth-order valence-corrected chi connectivity index (χ4v) is 5.14. The van der Waals surface area contributed by atoms with Crippen molar-refractivity contribution in [3.05, 3.63) is 52.4 Å². The molecule has 2 aliphatic heterocycles. The molecule has 5 rings (SSSR count). The van der Waals surface area contributed by atoms with Gasteiger partial charge >= 0.3 is 5.91 Å². The van der Waals surface area contributed by atoms with Gasteiger partial charge < -0.3 is 23.9 Å². The Hall–Kier alpha value is -3.76. The highest BCUT2D eigenvalue weighted by molar-refractivity contribution is 5.77. The molecule has 39 heavy (non-hydrogen) atoms. The van der Waals surface area contributed by atoms with Crippen LogP contribution in [0.4, 0.5) is 0 Å². The molecule has 2 aliphatic rings. The standard InChI is InChI=1S/C29H36N5O5/c1-19-12-22-13-23(15-30-27(22)33-19)39-28-24(20(2)31-18-32-28)14-25(36-5)21(3)38-11-6-26(35)34(4)9-7-29(8-10-34)16-37-17-29/h12-15,18H,2,6-11,16-17H2,1,3-5H3,(H,30,33)/q+1. The second-order valence-corrected chi connectivity index (χ2v) is 10.8. The molecule has 0 atom stereocenters. The molecule has 0 aromatic carbocycles. The van der Waals surface area contributed by atoms with Gasteiger partial charge in [-0.05, 0) is 32.1 Å². The maximum absolute atomic E-state index is 13.1. The first-order chi connectivity index (χ1) is 18.7. The molecule has 0 bridgehead atoms. The van der Waals surface area contributed by atoms with Crippen molar-refractivity contribution in [2.45, 2.75) is 33.1 Å². The van der Waals surface area contributed by atoms with E-state index in [1.54, 1.807) is 26.3 Å². The number of likely N-dealkylation sites (tertiary alicyclic amines) is 1. The number of H-pyrrole nitrogens is 1. The quantitative estimate of drug-likeness (QED) is 0.347. The van der Waals surface area contributed by atoms with Gasteiger partial charge in [-0.15, -0.1) is 0 Å². The number of carbonyl (C=O) groups is 1. The van der Waals surface area contributed by atoms with Gasteiger partial charge in [-0.3, -0.25) is 4.48 Å². The van der Waals surface area contributed by atoms with E-state index >= 15 is 0 Å². The summed E-state index contributed by atoms with van der Waals surface area (Å²) < 4.78 is 23.5. The molecule has 3 aromatic rings. The summed E-state index contributed by atoms with van der Waals surface area (Å²) in [4.78, 5) is 29.2. The van der Waals surface area contributed by atoms with Crippen LogP contribution in [0.25, 0.3) is 23.7 Å². The van der Waals surface area contributed by atoms with Crippen molar-refractivity contribution >= 4 is 29.6 Å². The maximum atomic E-state index is 13.1. The number of rotatable bonds is 8. The zero-order valence-corrected chi connectivity index (χ0v) is 23.1. The van der Waals surface area contributed by atoms with Crippen LogP contribution in [-0.2, 0) is 19.0 Å². The first kappa shape index (κ1) is 26.8.